The molecule has 0 bridgehead atoms. The fourth-order valence-corrected chi connectivity index (χ4v) is 2.92. The van der Waals surface area contributed by atoms with E-state index in [0.29, 0.717) is 36.1 Å². The third kappa shape index (κ3) is 3.63. The Morgan fingerprint density at radius 3 is 2.83 bits per heavy atom. The minimum atomic E-state index is -0.506. The molecule has 1 heterocycles. The Hall–Kier alpha value is -1.83. The van der Waals surface area contributed by atoms with Crippen LogP contribution in [0.5, 0.6) is 0 Å². The second-order valence-electron chi connectivity index (χ2n) is 6.14. The first-order chi connectivity index (χ1) is 11.6. The summed E-state index contributed by atoms with van der Waals surface area (Å²) in [6.07, 6.45) is 3.85. The van der Waals surface area contributed by atoms with Gasteiger partial charge in [0.25, 0.3) is 5.89 Å². The fraction of sp³-hybridized carbons (Fsp3) is 0.529. The minimum absolute atomic E-state index is 0.158. The molecule has 3 rings (SSSR count). The molecule has 0 spiro atoms. The highest BCUT2D eigenvalue weighted by Gasteiger charge is 2.36. The van der Waals surface area contributed by atoms with Gasteiger partial charge < -0.3 is 19.7 Å². The van der Waals surface area contributed by atoms with Crippen LogP contribution in [0.2, 0.25) is 0 Å². The van der Waals surface area contributed by atoms with E-state index >= 15 is 0 Å². The lowest BCUT2D eigenvalue weighted by Gasteiger charge is -2.17. The number of ether oxygens (including phenoxy) is 2. The van der Waals surface area contributed by atoms with Crippen molar-refractivity contribution in [1.82, 2.24) is 10.1 Å². The maximum Gasteiger partial charge on any atom is 0.258 e. The van der Waals surface area contributed by atoms with E-state index in [2.05, 4.69) is 10.1 Å². The quantitative estimate of drug-likeness (QED) is 0.783. The maximum absolute atomic E-state index is 13.9. The summed E-state index contributed by atoms with van der Waals surface area (Å²) in [6.45, 7) is 1.03. The molecule has 6 nitrogen and oxygen atoms in total. The smallest absolute Gasteiger partial charge is 0.258 e. The van der Waals surface area contributed by atoms with Crippen LogP contribution in [0.25, 0.3) is 11.5 Å². The number of hydrogen-bond acceptors (Lipinski definition) is 6. The molecule has 0 amide bonds. The Balaban J connectivity index is 1.76. The van der Waals surface area contributed by atoms with Crippen molar-refractivity contribution in [3.63, 3.8) is 0 Å². The molecule has 1 aromatic carbocycles. The first-order valence-corrected chi connectivity index (χ1v) is 8.11. The predicted molar refractivity (Wildman–Crippen MR) is 85.6 cm³/mol. The number of benzene rings is 1. The second kappa shape index (κ2) is 7.38. The zero-order chi connectivity index (χ0) is 17.0. The van der Waals surface area contributed by atoms with Crippen LogP contribution in [0.15, 0.2) is 22.7 Å². The first-order valence-electron chi connectivity index (χ1n) is 8.11. The molecule has 24 heavy (non-hydrogen) atoms. The number of methoxy groups -OCH3 is 1. The summed E-state index contributed by atoms with van der Waals surface area (Å²) < 4.78 is 29.5. The first kappa shape index (κ1) is 17.0. The lowest BCUT2D eigenvalue weighted by atomic mass is 9.98. The predicted octanol–water partition coefficient (Wildman–Crippen LogP) is 2.77. The van der Waals surface area contributed by atoms with E-state index < -0.39 is 5.54 Å². The zero-order valence-corrected chi connectivity index (χ0v) is 13.8. The fourth-order valence-electron chi connectivity index (χ4n) is 2.92. The van der Waals surface area contributed by atoms with Gasteiger partial charge in [0.2, 0.25) is 0 Å². The summed E-state index contributed by atoms with van der Waals surface area (Å²) in [4.78, 5) is 4.43. The molecule has 1 saturated carbocycles. The van der Waals surface area contributed by atoms with E-state index in [1.807, 2.05) is 0 Å². The van der Waals surface area contributed by atoms with Gasteiger partial charge in [0.15, 0.2) is 5.82 Å². The van der Waals surface area contributed by atoms with E-state index in [4.69, 9.17) is 19.7 Å². The molecule has 7 heteroatoms. The molecule has 1 fully saturated rings. The summed E-state index contributed by atoms with van der Waals surface area (Å²) in [5.41, 5.74) is 6.93. The standard InChI is InChI=1S/C17H22FN3O3/c1-22-8-9-23-11-13-10-12(4-5-14(13)18)15-20-16(21-24-15)17(19)6-2-3-7-17/h4-5,10H,2-3,6-9,11,19H2,1H3. The summed E-state index contributed by atoms with van der Waals surface area (Å²) in [5.74, 6) is 0.541. The highest BCUT2D eigenvalue weighted by atomic mass is 19.1. The van der Waals surface area contributed by atoms with Gasteiger partial charge in [-0.3, -0.25) is 0 Å². The molecular formula is C17H22FN3O3. The maximum atomic E-state index is 13.9. The van der Waals surface area contributed by atoms with Gasteiger partial charge in [0.05, 0.1) is 25.4 Å². The zero-order valence-electron chi connectivity index (χ0n) is 13.8. The number of nitrogens with two attached hydrogens (primary N) is 1. The summed E-state index contributed by atoms with van der Waals surface area (Å²) in [7, 11) is 1.59. The van der Waals surface area contributed by atoms with Crippen molar-refractivity contribution in [2.75, 3.05) is 20.3 Å². The van der Waals surface area contributed by atoms with Gasteiger partial charge in [0.1, 0.15) is 5.82 Å². The number of rotatable bonds is 7. The third-order valence-electron chi connectivity index (χ3n) is 4.35. The van der Waals surface area contributed by atoms with E-state index in [-0.39, 0.29) is 12.4 Å². The molecule has 1 aliphatic carbocycles. The van der Waals surface area contributed by atoms with Gasteiger partial charge in [-0.1, -0.05) is 18.0 Å². The van der Waals surface area contributed by atoms with Crippen LogP contribution in [-0.4, -0.2) is 30.5 Å². The lowest BCUT2D eigenvalue weighted by molar-refractivity contribution is 0.0604. The molecule has 0 radical (unpaired) electrons. The summed E-state index contributed by atoms with van der Waals surface area (Å²) in [5, 5.41) is 4.03. The number of aromatic nitrogens is 2. The molecular weight excluding hydrogens is 313 g/mol. The Morgan fingerprint density at radius 1 is 1.29 bits per heavy atom. The SMILES string of the molecule is COCCOCc1cc(-c2nc(C3(N)CCCC3)no2)ccc1F. The highest BCUT2D eigenvalue weighted by molar-refractivity contribution is 5.54. The lowest BCUT2D eigenvalue weighted by Crippen LogP contribution is -2.34. The van der Waals surface area contributed by atoms with E-state index in [0.717, 1.165) is 25.7 Å². The Kier molecular flexibility index (Phi) is 5.23. The van der Waals surface area contributed by atoms with Crippen LogP contribution in [0.3, 0.4) is 0 Å². The van der Waals surface area contributed by atoms with Crippen molar-refractivity contribution in [3.05, 3.63) is 35.4 Å². The average molecular weight is 335 g/mol. The summed E-state index contributed by atoms with van der Waals surface area (Å²) in [6, 6.07) is 4.66. The largest absolute Gasteiger partial charge is 0.382 e. The molecule has 0 saturated heterocycles. The monoisotopic (exact) mass is 335 g/mol. The Bertz CT molecular complexity index is 683. The molecule has 0 aliphatic heterocycles. The second-order valence-corrected chi connectivity index (χ2v) is 6.14. The van der Waals surface area contributed by atoms with Crippen molar-refractivity contribution in [1.29, 1.82) is 0 Å². The van der Waals surface area contributed by atoms with Crippen molar-refractivity contribution >= 4 is 0 Å². The van der Waals surface area contributed by atoms with Gasteiger partial charge in [-0.25, -0.2) is 4.39 Å². The number of halogens is 1. The Labute approximate surface area is 140 Å². The number of nitrogens with zero attached hydrogens (tertiary/aromatic N) is 2. The van der Waals surface area contributed by atoms with Crippen molar-refractivity contribution in [3.8, 4) is 11.5 Å². The molecule has 130 valence electrons. The van der Waals surface area contributed by atoms with Crippen LogP contribution in [0.4, 0.5) is 4.39 Å². The van der Waals surface area contributed by atoms with E-state index in [1.54, 1.807) is 19.2 Å². The van der Waals surface area contributed by atoms with Crippen LogP contribution in [-0.2, 0) is 21.6 Å². The molecule has 1 aliphatic rings. The van der Waals surface area contributed by atoms with Gasteiger partial charge >= 0.3 is 0 Å². The Morgan fingerprint density at radius 2 is 2.08 bits per heavy atom. The van der Waals surface area contributed by atoms with Crippen LogP contribution in [0, 0.1) is 5.82 Å². The molecule has 1 aromatic heterocycles. The van der Waals surface area contributed by atoms with E-state index in [1.165, 1.54) is 6.07 Å². The van der Waals surface area contributed by atoms with E-state index in [9.17, 15) is 4.39 Å². The highest BCUT2D eigenvalue weighted by Crippen LogP contribution is 2.35. The van der Waals surface area contributed by atoms with Crippen molar-refractivity contribution in [2.45, 2.75) is 37.8 Å². The van der Waals surface area contributed by atoms with Crippen molar-refractivity contribution < 1.29 is 18.4 Å². The summed E-state index contributed by atoms with van der Waals surface area (Å²) >= 11 is 0. The van der Waals surface area contributed by atoms with Gasteiger partial charge in [-0.2, -0.15) is 4.98 Å². The normalized spacial score (nSPS) is 16.6. The van der Waals surface area contributed by atoms with Gasteiger partial charge in [0, 0.05) is 18.2 Å². The number of hydrogen-bond donors (Lipinski definition) is 1. The molecule has 0 unspecified atom stereocenters. The minimum Gasteiger partial charge on any atom is -0.382 e. The van der Waals surface area contributed by atoms with Gasteiger partial charge in [-0.15, -0.1) is 0 Å². The third-order valence-corrected chi connectivity index (χ3v) is 4.35. The molecule has 0 atom stereocenters. The molecule has 2 N–H and O–H groups in total. The molecule has 2 aromatic rings. The topological polar surface area (TPSA) is 83.4 Å². The van der Waals surface area contributed by atoms with Crippen LogP contribution in [0.1, 0.15) is 37.1 Å². The van der Waals surface area contributed by atoms with Crippen molar-refractivity contribution in [2.24, 2.45) is 5.73 Å². The average Bonchev–Trinajstić information content (AvgIpc) is 3.23. The van der Waals surface area contributed by atoms with Gasteiger partial charge in [-0.05, 0) is 31.0 Å². The van der Waals surface area contributed by atoms with Crippen LogP contribution >= 0.6 is 0 Å². The van der Waals surface area contributed by atoms with Crippen LogP contribution < -0.4 is 5.73 Å².